The Bertz CT molecular complexity index is 1230. The number of carbonyl (C=O) groups is 2. The first-order valence-electron chi connectivity index (χ1n) is 11.3. The maximum absolute atomic E-state index is 13.0. The molecule has 1 heterocycles. The largest absolute Gasteiger partial charge is 0.488 e. The molecule has 1 amide bonds. The molecule has 0 aliphatic carbocycles. The molecule has 2 aromatic carbocycles. The van der Waals surface area contributed by atoms with E-state index in [0.717, 1.165) is 12.1 Å². The minimum atomic E-state index is -4.47. The van der Waals surface area contributed by atoms with Gasteiger partial charge in [0.25, 0.3) is 5.91 Å². The second kappa shape index (κ2) is 13.5. The minimum Gasteiger partial charge on any atom is -0.488 e. The highest BCUT2D eigenvalue weighted by Crippen LogP contribution is 2.33. The van der Waals surface area contributed by atoms with E-state index < -0.39 is 17.6 Å². The van der Waals surface area contributed by atoms with Crippen LogP contribution in [0, 0.1) is 0 Å². The van der Waals surface area contributed by atoms with Gasteiger partial charge in [-0.25, -0.2) is 4.98 Å². The van der Waals surface area contributed by atoms with Crippen LogP contribution in [0.2, 0.25) is 0 Å². The highest BCUT2D eigenvalue weighted by molar-refractivity contribution is 8.01. The van der Waals surface area contributed by atoms with E-state index in [1.807, 2.05) is 0 Å². The van der Waals surface area contributed by atoms with Crippen molar-refractivity contribution in [2.75, 3.05) is 31.4 Å². The van der Waals surface area contributed by atoms with E-state index in [1.54, 1.807) is 13.8 Å². The second-order valence-corrected chi connectivity index (χ2v) is 10.0. The lowest BCUT2D eigenvalue weighted by Gasteiger charge is -2.16. The zero-order chi connectivity index (χ0) is 27.7. The summed E-state index contributed by atoms with van der Waals surface area (Å²) < 4.78 is 60.9. The summed E-state index contributed by atoms with van der Waals surface area (Å²) in [6.07, 6.45) is -3.28. The van der Waals surface area contributed by atoms with E-state index >= 15 is 0 Å². The number of nitrogens with one attached hydrogen (secondary N) is 1. The van der Waals surface area contributed by atoms with Crippen molar-refractivity contribution < 1.29 is 41.7 Å². The standard InChI is InChI=1S/C25H25F3N2O6S2/c1-4-34-21(31)14-37-22-12-29-24(38-22)30-23(32)16-9-19(35-15(2)13-33-3)11-20(10-16)36-18-7-5-17(6-8-18)25(26,27)28/h5-12,15H,4,13-14H2,1-3H3,(H,29,30,32)/t15-/m0/s1. The summed E-state index contributed by atoms with van der Waals surface area (Å²) in [5.41, 5.74) is -0.636. The minimum absolute atomic E-state index is 0.118. The fourth-order valence-electron chi connectivity index (χ4n) is 3.06. The molecule has 204 valence electrons. The SMILES string of the molecule is CCOC(=O)CSc1cnc(NC(=O)c2cc(Oc3ccc(C(F)(F)F)cc3)cc(O[C@@H](C)COC)c2)s1. The van der Waals surface area contributed by atoms with E-state index in [4.69, 9.17) is 18.9 Å². The summed E-state index contributed by atoms with van der Waals surface area (Å²) in [7, 11) is 1.52. The van der Waals surface area contributed by atoms with Crippen LogP contribution in [0.3, 0.4) is 0 Å². The van der Waals surface area contributed by atoms with Crippen molar-refractivity contribution in [2.45, 2.75) is 30.3 Å². The molecule has 13 heteroatoms. The van der Waals surface area contributed by atoms with Gasteiger partial charge in [0, 0.05) is 18.7 Å². The number of anilines is 1. The first-order chi connectivity index (χ1) is 18.1. The van der Waals surface area contributed by atoms with Crippen LogP contribution in [-0.2, 0) is 20.4 Å². The number of thiazole rings is 1. The average molecular weight is 571 g/mol. The summed E-state index contributed by atoms with van der Waals surface area (Å²) >= 11 is 2.43. The summed E-state index contributed by atoms with van der Waals surface area (Å²) in [4.78, 5) is 28.7. The topological polar surface area (TPSA) is 96.0 Å². The van der Waals surface area contributed by atoms with Gasteiger partial charge in [-0.15, -0.1) is 11.8 Å². The molecule has 38 heavy (non-hydrogen) atoms. The molecule has 0 spiro atoms. The number of thioether (sulfide) groups is 1. The van der Waals surface area contributed by atoms with Crippen LogP contribution in [0.4, 0.5) is 18.3 Å². The molecule has 1 atom stereocenters. The van der Waals surface area contributed by atoms with Gasteiger partial charge in [-0.2, -0.15) is 13.2 Å². The number of ether oxygens (including phenoxy) is 4. The van der Waals surface area contributed by atoms with Crippen molar-refractivity contribution in [3.8, 4) is 17.2 Å². The van der Waals surface area contributed by atoms with Crippen LogP contribution < -0.4 is 14.8 Å². The zero-order valence-corrected chi connectivity index (χ0v) is 22.3. The van der Waals surface area contributed by atoms with E-state index in [9.17, 15) is 22.8 Å². The lowest BCUT2D eigenvalue weighted by atomic mass is 10.1. The number of alkyl halides is 3. The number of esters is 1. The Labute approximate surface area is 225 Å². The first kappa shape index (κ1) is 29.3. The third kappa shape index (κ3) is 8.92. The summed E-state index contributed by atoms with van der Waals surface area (Å²) in [5, 5.41) is 3.00. The quantitative estimate of drug-likeness (QED) is 0.201. The molecule has 0 fully saturated rings. The molecular weight excluding hydrogens is 545 g/mol. The number of hydrogen-bond acceptors (Lipinski definition) is 9. The van der Waals surface area contributed by atoms with Crippen molar-refractivity contribution in [3.63, 3.8) is 0 Å². The zero-order valence-electron chi connectivity index (χ0n) is 20.7. The van der Waals surface area contributed by atoms with Crippen molar-refractivity contribution >= 4 is 40.1 Å². The second-order valence-electron chi connectivity index (χ2n) is 7.73. The smallest absolute Gasteiger partial charge is 0.416 e. The molecule has 0 saturated heterocycles. The molecule has 8 nitrogen and oxygen atoms in total. The van der Waals surface area contributed by atoms with Gasteiger partial charge in [-0.1, -0.05) is 11.3 Å². The number of benzene rings is 2. The summed E-state index contributed by atoms with van der Waals surface area (Å²) in [5.74, 6) is -0.113. The first-order valence-corrected chi connectivity index (χ1v) is 13.1. The Kier molecular flexibility index (Phi) is 10.4. The van der Waals surface area contributed by atoms with Gasteiger partial charge in [0.05, 0.1) is 34.9 Å². The molecule has 0 saturated carbocycles. The van der Waals surface area contributed by atoms with Gasteiger partial charge < -0.3 is 18.9 Å². The summed E-state index contributed by atoms with van der Waals surface area (Å²) in [6.45, 7) is 4.08. The Morgan fingerprint density at radius 2 is 1.82 bits per heavy atom. The molecule has 3 rings (SSSR count). The normalized spacial score (nSPS) is 12.1. The number of rotatable bonds is 12. The van der Waals surface area contributed by atoms with Crippen LogP contribution in [0.5, 0.6) is 17.2 Å². The fraction of sp³-hybridized carbons (Fsp3) is 0.320. The maximum atomic E-state index is 13.0. The Morgan fingerprint density at radius 3 is 2.47 bits per heavy atom. The number of nitrogens with zero attached hydrogens (tertiary/aromatic N) is 1. The highest BCUT2D eigenvalue weighted by Gasteiger charge is 2.30. The molecular formula is C25H25F3N2O6S2. The summed E-state index contributed by atoms with van der Waals surface area (Å²) in [6, 6.07) is 8.65. The van der Waals surface area contributed by atoms with Gasteiger partial charge in [0.2, 0.25) is 0 Å². The van der Waals surface area contributed by atoms with Crippen LogP contribution in [0.25, 0.3) is 0 Å². The third-order valence-electron chi connectivity index (χ3n) is 4.64. The van der Waals surface area contributed by atoms with Crippen molar-refractivity contribution in [1.29, 1.82) is 0 Å². The van der Waals surface area contributed by atoms with Gasteiger partial charge in [0.1, 0.15) is 23.4 Å². The lowest BCUT2D eigenvalue weighted by Crippen LogP contribution is -2.18. The Balaban J connectivity index is 1.77. The Hall–Kier alpha value is -3.29. The molecule has 3 aromatic rings. The third-order valence-corrected chi connectivity index (χ3v) is 6.72. The monoisotopic (exact) mass is 570 g/mol. The molecule has 0 aliphatic rings. The number of hydrogen-bond donors (Lipinski definition) is 1. The highest BCUT2D eigenvalue weighted by atomic mass is 32.2. The van der Waals surface area contributed by atoms with Gasteiger partial charge in [-0.05, 0) is 50.2 Å². The van der Waals surface area contributed by atoms with Crippen LogP contribution in [-0.4, -0.2) is 49.0 Å². The number of halogens is 3. The van der Waals surface area contributed by atoms with Crippen molar-refractivity contribution in [2.24, 2.45) is 0 Å². The van der Waals surface area contributed by atoms with E-state index in [0.29, 0.717) is 21.7 Å². The van der Waals surface area contributed by atoms with Crippen LogP contribution >= 0.6 is 23.1 Å². The van der Waals surface area contributed by atoms with Crippen molar-refractivity contribution in [1.82, 2.24) is 4.98 Å². The van der Waals surface area contributed by atoms with E-state index in [2.05, 4.69) is 10.3 Å². The van der Waals surface area contributed by atoms with Gasteiger partial charge in [0.15, 0.2) is 5.13 Å². The maximum Gasteiger partial charge on any atom is 0.416 e. The van der Waals surface area contributed by atoms with Crippen LogP contribution in [0.1, 0.15) is 29.8 Å². The predicted octanol–water partition coefficient (Wildman–Crippen LogP) is 6.28. The molecule has 0 bridgehead atoms. The molecule has 1 N–H and O–H groups in total. The van der Waals surface area contributed by atoms with Gasteiger partial charge >= 0.3 is 12.1 Å². The fourth-order valence-corrected chi connectivity index (χ4v) is 4.73. The molecule has 0 radical (unpaired) electrons. The van der Waals surface area contributed by atoms with Crippen molar-refractivity contribution in [3.05, 3.63) is 59.8 Å². The Morgan fingerprint density at radius 1 is 1.11 bits per heavy atom. The number of amides is 1. The van der Waals surface area contributed by atoms with E-state index in [-0.39, 0.29) is 41.5 Å². The molecule has 1 aromatic heterocycles. The predicted molar refractivity (Wildman–Crippen MR) is 137 cm³/mol. The van der Waals surface area contributed by atoms with Crippen LogP contribution in [0.15, 0.2) is 52.9 Å². The lowest BCUT2D eigenvalue weighted by molar-refractivity contribution is -0.140. The average Bonchev–Trinajstić information content (AvgIpc) is 3.30. The number of aromatic nitrogens is 1. The van der Waals surface area contributed by atoms with E-state index in [1.165, 1.54) is 66.7 Å². The molecule has 0 unspecified atom stereocenters. The van der Waals surface area contributed by atoms with Gasteiger partial charge in [-0.3, -0.25) is 14.9 Å². The number of methoxy groups -OCH3 is 1. The number of carbonyl (C=O) groups excluding carboxylic acids is 2. The molecule has 0 aliphatic heterocycles.